The minimum absolute atomic E-state index is 0.163. The van der Waals surface area contributed by atoms with E-state index < -0.39 is 0 Å². The zero-order valence-electron chi connectivity index (χ0n) is 11.3. The van der Waals surface area contributed by atoms with Gasteiger partial charge >= 0.3 is 0 Å². The third kappa shape index (κ3) is 3.36. The van der Waals surface area contributed by atoms with Crippen LogP contribution in [0.3, 0.4) is 0 Å². The average Bonchev–Trinajstić information content (AvgIpc) is 2.54. The third-order valence-electron chi connectivity index (χ3n) is 3.05. The summed E-state index contributed by atoms with van der Waals surface area (Å²) in [6.45, 7) is 0.528. The van der Waals surface area contributed by atoms with Crippen LogP contribution in [0.4, 0.5) is 0 Å². The highest BCUT2D eigenvalue weighted by Crippen LogP contribution is 2.19. The smallest absolute Gasteiger partial charge is 0.251 e. The van der Waals surface area contributed by atoms with Gasteiger partial charge in [-0.25, -0.2) is 4.98 Å². The van der Waals surface area contributed by atoms with Crippen LogP contribution >= 0.6 is 0 Å². The molecule has 0 aliphatic rings. The summed E-state index contributed by atoms with van der Waals surface area (Å²) in [6.07, 6.45) is 1.49. The number of nitrogens with one attached hydrogen (secondary N) is 1. The molecule has 1 heterocycles. The van der Waals surface area contributed by atoms with Crippen molar-refractivity contribution < 1.29 is 4.74 Å². The summed E-state index contributed by atoms with van der Waals surface area (Å²) in [6, 6.07) is 18.9. The highest BCUT2D eigenvalue weighted by Gasteiger charge is 2.01. The Kier molecular flexibility index (Phi) is 3.78. The second kappa shape index (κ2) is 6.05. The van der Waals surface area contributed by atoms with E-state index in [1.54, 1.807) is 0 Å². The van der Waals surface area contributed by atoms with Gasteiger partial charge in [-0.15, -0.1) is 0 Å². The Morgan fingerprint density at radius 3 is 2.43 bits per heavy atom. The molecule has 21 heavy (non-hydrogen) atoms. The van der Waals surface area contributed by atoms with Crippen molar-refractivity contribution in [2.75, 3.05) is 0 Å². The van der Waals surface area contributed by atoms with Crippen LogP contribution < -0.4 is 10.3 Å². The van der Waals surface area contributed by atoms with Crippen molar-refractivity contribution in [1.29, 1.82) is 0 Å². The summed E-state index contributed by atoms with van der Waals surface area (Å²) in [4.78, 5) is 18.1. The lowest BCUT2D eigenvalue weighted by molar-refractivity contribution is 0.306. The van der Waals surface area contributed by atoms with E-state index in [9.17, 15) is 4.79 Å². The van der Waals surface area contributed by atoms with E-state index in [0.717, 1.165) is 16.9 Å². The molecule has 0 spiro atoms. The number of aromatic nitrogens is 2. The number of rotatable bonds is 4. The predicted molar refractivity (Wildman–Crippen MR) is 81.1 cm³/mol. The van der Waals surface area contributed by atoms with E-state index in [-0.39, 0.29) is 5.56 Å². The summed E-state index contributed by atoms with van der Waals surface area (Å²) in [5.41, 5.74) is 1.81. The summed E-state index contributed by atoms with van der Waals surface area (Å²) in [7, 11) is 0. The van der Waals surface area contributed by atoms with E-state index in [0.29, 0.717) is 12.4 Å². The lowest BCUT2D eigenvalue weighted by atomic mass is 10.2. The van der Waals surface area contributed by atoms with Gasteiger partial charge in [-0.3, -0.25) is 4.79 Å². The first-order valence-corrected chi connectivity index (χ1v) is 6.64. The van der Waals surface area contributed by atoms with Crippen molar-refractivity contribution in [3.8, 4) is 17.1 Å². The van der Waals surface area contributed by atoms with Crippen molar-refractivity contribution in [3.63, 3.8) is 0 Å². The fraction of sp³-hybridized carbons (Fsp3) is 0.0588. The van der Waals surface area contributed by atoms with E-state index in [1.807, 2.05) is 54.6 Å². The normalized spacial score (nSPS) is 10.3. The molecule has 0 amide bonds. The molecule has 4 heteroatoms. The monoisotopic (exact) mass is 278 g/mol. The molecule has 0 aliphatic heterocycles. The quantitative estimate of drug-likeness (QED) is 0.798. The first-order valence-electron chi connectivity index (χ1n) is 6.64. The lowest BCUT2D eigenvalue weighted by Gasteiger charge is -2.07. The maximum atomic E-state index is 11.3. The van der Waals surface area contributed by atoms with Gasteiger partial charge in [0.05, 0.1) is 0 Å². The van der Waals surface area contributed by atoms with Crippen molar-refractivity contribution in [3.05, 3.63) is 82.8 Å². The van der Waals surface area contributed by atoms with Crippen molar-refractivity contribution in [1.82, 2.24) is 9.97 Å². The molecular weight excluding hydrogens is 264 g/mol. The zero-order chi connectivity index (χ0) is 14.5. The van der Waals surface area contributed by atoms with Crippen LogP contribution in [0.25, 0.3) is 11.4 Å². The first-order chi connectivity index (χ1) is 10.3. The van der Waals surface area contributed by atoms with E-state index in [4.69, 9.17) is 4.74 Å². The van der Waals surface area contributed by atoms with Crippen LogP contribution in [-0.4, -0.2) is 9.97 Å². The van der Waals surface area contributed by atoms with Gasteiger partial charge in [0, 0.05) is 17.8 Å². The van der Waals surface area contributed by atoms with E-state index in [2.05, 4.69) is 9.97 Å². The molecule has 0 aliphatic carbocycles. The van der Waals surface area contributed by atoms with E-state index in [1.165, 1.54) is 12.3 Å². The predicted octanol–water partition coefficient (Wildman–Crippen LogP) is 3.02. The molecule has 3 rings (SSSR count). The topological polar surface area (TPSA) is 55.0 Å². The summed E-state index contributed by atoms with van der Waals surface area (Å²) < 4.78 is 5.71. The second-order valence-corrected chi connectivity index (χ2v) is 4.58. The van der Waals surface area contributed by atoms with Gasteiger partial charge in [0.25, 0.3) is 5.56 Å². The minimum Gasteiger partial charge on any atom is -0.489 e. The van der Waals surface area contributed by atoms with Crippen molar-refractivity contribution >= 4 is 0 Å². The van der Waals surface area contributed by atoms with Gasteiger partial charge in [0.2, 0.25) is 0 Å². The molecule has 104 valence electrons. The summed E-state index contributed by atoms with van der Waals surface area (Å²) in [5.74, 6) is 1.33. The molecule has 3 aromatic rings. The fourth-order valence-electron chi connectivity index (χ4n) is 1.97. The number of H-pyrrole nitrogens is 1. The van der Waals surface area contributed by atoms with Crippen LogP contribution in [-0.2, 0) is 6.61 Å². The Hall–Kier alpha value is -2.88. The Morgan fingerprint density at radius 2 is 1.71 bits per heavy atom. The second-order valence-electron chi connectivity index (χ2n) is 4.58. The average molecular weight is 278 g/mol. The molecule has 0 atom stereocenters. The van der Waals surface area contributed by atoms with Crippen LogP contribution in [0.5, 0.6) is 5.75 Å². The molecule has 0 saturated carbocycles. The molecule has 0 unspecified atom stereocenters. The number of hydrogen-bond donors (Lipinski definition) is 1. The minimum atomic E-state index is -0.163. The van der Waals surface area contributed by atoms with Gasteiger partial charge in [0.15, 0.2) is 0 Å². The molecule has 0 saturated heterocycles. The number of nitrogens with zero attached hydrogens (tertiary/aromatic N) is 1. The number of hydrogen-bond acceptors (Lipinski definition) is 3. The Labute approximate surface area is 122 Å². The summed E-state index contributed by atoms with van der Waals surface area (Å²) >= 11 is 0. The first kappa shape index (κ1) is 13.1. The van der Waals surface area contributed by atoms with E-state index >= 15 is 0 Å². The third-order valence-corrected chi connectivity index (χ3v) is 3.05. The Morgan fingerprint density at radius 1 is 0.952 bits per heavy atom. The molecule has 0 radical (unpaired) electrons. The molecule has 0 bridgehead atoms. The molecule has 4 nitrogen and oxygen atoms in total. The van der Waals surface area contributed by atoms with Crippen LogP contribution in [0, 0.1) is 0 Å². The molecule has 1 aromatic heterocycles. The molecular formula is C17H14N2O2. The Balaban J connectivity index is 1.71. The standard InChI is InChI=1S/C17H14N2O2/c20-16-10-11-18-17(19-16)14-6-8-15(9-7-14)21-12-13-4-2-1-3-5-13/h1-11H,12H2,(H,18,19,20). The summed E-state index contributed by atoms with van der Waals surface area (Å²) in [5, 5.41) is 0. The molecule has 2 aromatic carbocycles. The van der Waals surface area contributed by atoms with Gasteiger partial charge in [-0.2, -0.15) is 0 Å². The molecule has 0 fully saturated rings. The number of ether oxygens (including phenoxy) is 1. The zero-order valence-corrected chi connectivity index (χ0v) is 11.3. The largest absolute Gasteiger partial charge is 0.489 e. The Bertz CT molecular complexity index is 765. The maximum absolute atomic E-state index is 11.3. The maximum Gasteiger partial charge on any atom is 0.251 e. The highest BCUT2D eigenvalue weighted by molar-refractivity contribution is 5.55. The van der Waals surface area contributed by atoms with Gasteiger partial charge < -0.3 is 9.72 Å². The van der Waals surface area contributed by atoms with Crippen LogP contribution in [0.15, 0.2) is 71.7 Å². The van der Waals surface area contributed by atoms with Gasteiger partial charge in [-0.05, 0) is 29.8 Å². The van der Waals surface area contributed by atoms with Gasteiger partial charge in [0.1, 0.15) is 18.2 Å². The lowest BCUT2D eigenvalue weighted by Crippen LogP contribution is -2.05. The van der Waals surface area contributed by atoms with Crippen molar-refractivity contribution in [2.45, 2.75) is 6.61 Å². The SMILES string of the molecule is O=c1ccnc(-c2ccc(OCc3ccccc3)cc2)[nH]1. The van der Waals surface area contributed by atoms with Crippen LogP contribution in [0.2, 0.25) is 0 Å². The molecule has 1 N–H and O–H groups in total. The fourth-order valence-corrected chi connectivity index (χ4v) is 1.97. The van der Waals surface area contributed by atoms with Crippen LogP contribution in [0.1, 0.15) is 5.56 Å². The van der Waals surface area contributed by atoms with Gasteiger partial charge in [-0.1, -0.05) is 30.3 Å². The highest BCUT2D eigenvalue weighted by atomic mass is 16.5. The number of aromatic amines is 1. The van der Waals surface area contributed by atoms with Crippen molar-refractivity contribution in [2.24, 2.45) is 0 Å². The number of benzene rings is 2.